The van der Waals surface area contributed by atoms with Crippen molar-refractivity contribution in [2.24, 2.45) is 4.99 Å². The maximum Gasteiger partial charge on any atom is 0.192 e. The smallest absolute Gasteiger partial charge is 0.192 e. The lowest BCUT2D eigenvalue weighted by Gasteiger charge is -2.14. The van der Waals surface area contributed by atoms with Crippen LogP contribution < -0.4 is 10.6 Å². The van der Waals surface area contributed by atoms with Crippen LogP contribution in [0.4, 0.5) is 0 Å². The first-order valence-electron chi connectivity index (χ1n) is 8.07. The molecule has 4 heteroatoms. The summed E-state index contributed by atoms with van der Waals surface area (Å²) >= 11 is 0. The second-order valence-electron chi connectivity index (χ2n) is 5.55. The fraction of sp³-hybridized carbons (Fsp3) is 0.500. The molecule has 1 aliphatic rings. The number of hydrogen-bond donors (Lipinski definition) is 2. The molecule has 1 aromatic rings. The van der Waals surface area contributed by atoms with Gasteiger partial charge in [-0.15, -0.1) is 6.42 Å². The molecule has 22 heavy (non-hydrogen) atoms. The van der Waals surface area contributed by atoms with Crippen LogP contribution in [0.25, 0.3) is 0 Å². The van der Waals surface area contributed by atoms with Crippen LogP contribution in [-0.4, -0.2) is 37.0 Å². The minimum absolute atomic E-state index is 0.487. The molecule has 2 rings (SSSR count). The fourth-order valence-electron chi connectivity index (χ4n) is 2.60. The molecular weight excluding hydrogens is 272 g/mol. The molecule has 4 nitrogen and oxygen atoms in total. The number of guanidine groups is 1. The van der Waals surface area contributed by atoms with E-state index in [2.05, 4.69) is 50.7 Å². The summed E-state index contributed by atoms with van der Waals surface area (Å²) < 4.78 is 0. The number of nitrogens with one attached hydrogen (secondary N) is 2. The number of aliphatic imine (C=N–C) groups is 1. The third kappa shape index (κ3) is 5.42. The second kappa shape index (κ2) is 9.11. The molecule has 1 aliphatic heterocycles. The second-order valence-corrected chi connectivity index (χ2v) is 5.55. The molecule has 118 valence electrons. The Kier molecular flexibility index (Phi) is 6.79. The van der Waals surface area contributed by atoms with E-state index in [4.69, 9.17) is 6.42 Å². The van der Waals surface area contributed by atoms with Gasteiger partial charge >= 0.3 is 0 Å². The van der Waals surface area contributed by atoms with Gasteiger partial charge in [-0.3, -0.25) is 4.90 Å². The van der Waals surface area contributed by atoms with Gasteiger partial charge < -0.3 is 10.6 Å². The first-order valence-corrected chi connectivity index (χ1v) is 8.07. The van der Waals surface area contributed by atoms with Gasteiger partial charge in [-0.1, -0.05) is 30.2 Å². The molecule has 0 amide bonds. The number of rotatable bonds is 6. The van der Waals surface area contributed by atoms with Gasteiger partial charge in [-0.25, -0.2) is 4.99 Å². The lowest BCUT2D eigenvalue weighted by molar-refractivity contribution is 0.331. The first kappa shape index (κ1) is 16.4. The molecule has 0 aliphatic carbocycles. The Labute approximate surface area is 134 Å². The van der Waals surface area contributed by atoms with E-state index < -0.39 is 0 Å². The van der Waals surface area contributed by atoms with E-state index in [9.17, 15) is 0 Å². The Balaban J connectivity index is 1.87. The third-order valence-electron chi connectivity index (χ3n) is 3.75. The number of terminal acetylenes is 1. The van der Waals surface area contributed by atoms with Crippen molar-refractivity contribution in [3.05, 3.63) is 35.4 Å². The van der Waals surface area contributed by atoms with Crippen LogP contribution >= 0.6 is 0 Å². The summed E-state index contributed by atoms with van der Waals surface area (Å²) in [7, 11) is 0. The van der Waals surface area contributed by atoms with Crippen molar-refractivity contribution in [3.8, 4) is 12.3 Å². The SMILES string of the molecule is C#CCNC(=NCc1ccc(CN2CCCC2)cc1)NCC. The van der Waals surface area contributed by atoms with Gasteiger partial charge in [0.15, 0.2) is 5.96 Å². The van der Waals surface area contributed by atoms with Crippen LogP contribution in [0.3, 0.4) is 0 Å². The largest absolute Gasteiger partial charge is 0.357 e. The molecule has 0 spiro atoms. The summed E-state index contributed by atoms with van der Waals surface area (Å²) in [5, 5.41) is 6.28. The molecule has 2 N–H and O–H groups in total. The van der Waals surface area contributed by atoms with Crippen LogP contribution in [0, 0.1) is 12.3 Å². The number of likely N-dealkylation sites (tertiary alicyclic amines) is 1. The third-order valence-corrected chi connectivity index (χ3v) is 3.75. The Morgan fingerprint density at radius 1 is 1.18 bits per heavy atom. The highest BCUT2D eigenvalue weighted by molar-refractivity contribution is 5.79. The lowest BCUT2D eigenvalue weighted by Crippen LogP contribution is -2.37. The van der Waals surface area contributed by atoms with Gasteiger partial charge in [0.2, 0.25) is 0 Å². The van der Waals surface area contributed by atoms with Gasteiger partial charge in [-0.05, 0) is 44.0 Å². The molecule has 0 atom stereocenters. The quantitative estimate of drug-likeness (QED) is 0.479. The molecule has 0 saturated carbocycles. The van der Waals surface area contributed by atoms with E-state index in [1.807, 2.05) is 6.92 Å². The molecule has 1 heterocycles. The molecule has 1 saturated heterocycles. The van der Waals surface area contributed by atoms with Crippen LogP contribution in [0.15, 0.2) is 29.3 Å². The van der Waals surface area contributed by atoms with Gasteiger partial charge in [0.1, 0.15) is 0 Å². The number of hydrogen-bond acceptors (Lipinski definition) is 2. The predicted octanol–water partition coefficient (Wildman–Crippen LogP) is 1.97. The molecule has 0 unspecified atom stereocenters. The highest BCUT2D eigenvalue weighted by Gasteiger charge is 2.11. The van der Waals surface area contributed by atoms with Gasteiger partial charge in [0, 0.05) is 13.1 Å². The molecule has 0 radical (unpaired) electrons. The highest BCUT2D eigenvalue weighted by atomic mass is 15.2. The summed E-state index contributed by atoms with van der Waals surface area (Å²) in [5.74, 6) is 3.33. The Morgan fingerprint density at radius 2 is 1.86 bits per heavy atom. The zero-order chi connectivity index (χ0) is 15.6. The monoisotopic (exact) mass is 298 g/mol. The number of benzene rings is 1. The average Bonchev–Trinajstić information content (AvgIpc) is 3.04. The molecule has 1 aromatic carbocycles. The van der Waals surface area contributed by atoms with Crippen molar-refractivity contribution in [2.75, 3.05) is 26.2 Å². The minimum atomic E-state index is 0.487. The van der Waals surface area contributed by atoms with E-state index >= 15 is 0 Å². The van der Waals surface area contributed by atoms with Crippen molar-refractivity contribution in [2.45, 2.75) is 32.9 Å². The fourth-order valence-corrected chi connectivity index (χ4v) is 2.60. The van der Waals surface area contributed by atoms with E-state index in [1.165, 1.54) is 37.1 Å². The standard InChI is InChI=1S/C18H26N4/c1-3-11-20-18(19-4-2)21-14-16-7-9-17(10-8-16)15-22-12-5-6-13-22/h1,7-10H,4-6,11-15H2,2H3,(H2,19,20,21). The van der Waals surface area contributed by atoms with Gasteiger partial charge in [0.05, 0.1) is 13.1 Å². The summed E-state index contributed by atoms with van der Waals surface area (Å²) in [6, 6.07) is 8.76. The normalized spacial score (nSPS) is 15.5. The van der Waals surface area contributed by atoms with Crippen LogP contribution in [0.2, 0.25) is 0 Å². The Hall–Kier alpha value is -1.99. The van der Waals surface area contributed by atoms with Crippen LogP contribution in [0.5, 0.6) is 0 Å². The van der Waals surface area contributed by atoms with E-state index in [0.29, 0.717) is 13.1 Å². The maximum atomic E-state index is 5.26. The predicted molar refractivity (Wildman–Crippen MR) is 92.6 cm³/mol. The summed E-state index contributed by atoms with van der Waals surface area (Å²) in [4.78, 5) is 7.06. The van der Waals surface area contributed by atoms with Gasteiger partial charge in [-0.2, -0.15) is 0 Å². The number of nitrogens with zero attached hydrogens (tertiary/aromatic N) is 2. The van der Waals surface area contributed by atoms with Crippen molar-refractivity contribution in [1.82, 2.24) is 15.5 Å². The van der Waals surface area contributed by atoms with E-state index in [0.717, 1.165) is 19.0 Å². The lowest BCUT2D eigenvalue weighted by atomic mass is 10.1. The molecule has 0 aromatic heterocycles. The summed E-state index contributed by atoms with van der Waals surface area (Å²) in [5.41, 5.74) is 2.59. The van der Waals surface area contributed by atoms with Crippen LogP contribution in [0.1, 0.15) is 30.9 Å². The zero-order valence-corrected chi connectivity index (χ0v) is 13.4. The van der Waals surface area contributed by atoms with Crippen molar-refractivity contribution >= 4 is 5.96 Å². The maximum absolute atomic E-state index is 5.26. The Morgan fingerprint density at radius 3 is 2.50 bits per heavy atom. The van der Waals surface area contributed by atoms with Gasteiger partial charge in [0.25, 0.3) is 0 Å². The van der Waals surface area contributed by atoms with Crippen LogP contribution in [-0.2, 0) is 13.1 Å². The molecular formula is C18H26N4. The molecule has 0 bridgehead atoms. The van der Waals surface area contributed by atoms with Crippen molar-refractivity contribution in [1.29, 1.82) is 0 Å². The highest BCUT2D eigenvalue weighted by Crippen LogP contribution is 2.13. The van der Waals surface area contributed by atoms with E-state index in [-0.39, 0.29) is 0 Å². The first-order chi connectivity index (χ1) is 10.8. The minimum Gasteiger partial charge on any atom is -0.357 e. The van der Waals surface area contributed by atoms with Crippen molar-refractivity contribution in [3.63, 3.8) is 0 Å². The van der Waals surface area contributed by atoms with E-state index in [1.54, 1.807) is 0 Å². The zero-order valence-electron chi connectivity index (χ0n) is 13.4. The molecule has 1 fully saturated rings. The summed E-state index contributed by atoms with van der Waals surface area (Å²) in [6.45, 7) is 7.55. The Bertz CT molecular complexity index is 507. The average molecular weight is 298 g/mol. The summed E-state index contributed by atoms with van der Waals surface area (Å²) in [6.07, 6.45) is 7.94. The van der Waals surface area contributed by atoms with Crippen molar-refractivity contribution < 1.29 is 0 Å². The topological polar surface area (TPSA) is 39.7 Å².